The first kappa shape index (κ1) is 26.1. The monoisotopic (exact) mass is 514 g/mol. The lowest BCUT2D eigenvalue weighted by Crippen LogP contribution is -2.26. The van der Waals surface area contributed by atoms with Crippen LogP contribution in [0.2, 0.25) is 0 Å². The fraction of sp³-hybridized carbons (Fsp3) is 0.167. The first-order chi connectivity index (χ1) is 17.9. The first-order valence-corrected chi connectivity index (χ1v) is 13.6. The molecule has 0 aromatic heterocycles. The molecule has 0 saturated heterocycles. The second-order valence-electron chi connectivity index (χ2n) is 8.74. The molecule has 0 heterocycles. The van der Waals surface area contributed by atoms with Crippen molar-refractivity contribution in [3.05, 3.63) is 126 Å². The maximum atomic E-state index is 12.7. The van der Waals surface area contributed by atoms with Crippen molar-refractivity contribution in [2.45, 2.75) is 37.3 Å². The summed E-state index contributed by atoms with van der Waals surface area (Å²) in [5.74, 6) is 0.609. The maximum Gasteiger partial charge on any atom is 0.241 e. The fourth-order valence-corrected chi connectivity index (χ4v) is 5.03. The minimum absolute atomic E-state index is 0.118. The molecule has 0 spiro atoms. The van der Waals surface area contributed by atoms with E-state index in [9.17, 15) is 13.2 Å². The molecule has 4 aromatic rings. The van der Waals surface area contributed by atoms with Gasteiger partial charge >= 0.3 is 0 Å². The molecule has 7 heteroatoms. The zero-order chi connectivity index (χ0) is 26.1. The Morgan fingerprint density at radius 2 is 1.41 bits per heavy atom. The molecule has 1 atom stereocenters. The van der Waals surface area contributed by atoms with Crippen LogP contribution in [0.4, 0.5) is 5.69 Å². The van der Waals surface area contributed by atoms with Crippen LogP contribution in [0.25, 0.3) is 0 Å². The minimum Gasteiger partial charge on any atom is -0.489 e. The van der Waals surface area contributed by atoms with Crippen LogP contribution in [-0.2, 0) is 27.8 Å². The first-order valence-electron chi connectivity index (χ1n) is 12.1. The van der Waals surface area contributed by atoms with Crippen LogP contribution in [0.15, 0.2) is 114 Å². The number of ether oxygens (including phenoxy) is 1. The summed E-state index contributed by atoms with van der Waals surface area (Å²) >= 11 is 0. The smallest absolute Gasteiger partial charge is 0.241 e. The summed E-state index contributed by atoms with van der Waals surface area (Å²) in [6, 6.07) is 32.9. The number of carbonyl (C=O) groups is 1. The molecule has 0 fully saturated rings. The quantitative estimate of drug-likeness (QED) is 0.262. The highest BCUT2D eigenvalue weighted by atomic mass is 32.2. The minimum atomic E-state index is -3.66. The van der Waals surface area contributed by atoms with Crippen molar-refractivity contribution in [2.75, 3.05) is 5.32 Å². The van der Waals surface area contributed by atoms with Gasteiger partial charge in [0.15, 0.2) is 0 Å². The number of carbonyl (C=O) groups excluding carboxylic acids is 1. The van der Waals surface area contributed by atoms with Gasteiger partial charge in [0, 0.05) is 18.2 Å². The van der Waals surface area contributed by atoms with E-state index in [2.05, 4.69) is 10.0 Å². The predicted molar refractivity (Wildman–Crippen MR) is 146 cm³/mol. The third-order valence-electron chi connectivity index (χ3n) is 5.89. The van der Waals surface area contributed by atoms with Gasteiger partial charge < -0.3 is 10.1 Å². The molecule has 0 aliphatic rings. The van der Waals surface area contributed by atoms with Crippen molar-refractivity contribution in [3.63, 3.8) is 0 Å². The highest BCUT2D eigenvalue weighted by molar-refractivity contribution is 7.89. The third kappa shape index (κ3) is 7.77. The number of aryl methyl sites for hydroxylation is 1. The Balaban J connectivity index is 1.24. The van der Waals surface area contributed by atoms with Crippen LogP contribution in [0, 0.1) is 0 Å². The van der Waals surface area contributed by atoms with Gasteiger partial charge in [0.05, 0.1) is 4.90 Å². The standard InChI is InChI=1S/C30H30N2O4S/c1-23(26-10-6-3-7-11-26)32-37(34,35)29-19-12-24(13-20-29)14-21-30(33)31-27-15-17-28(18-16-27)36-22-25-8-4-2-5-9-25/h2-13,15-20,23,32H,14,21-22H2,1H3,(H,31,33)/t23-/m1/s1. The fourth-order valence-electron chi connectivity index (χ4n) is 3.80. The van der Waals surface area contributed by atoms with Crippen LogP contribution in [0.5, 0.6) is 5.75 Å². The highest BCUT2D eigenvalue weighted by Crippen LogP contribution is 2.19. The molecule has 190 valence electrons. The average Bonchev–Trinajstić information content (AvgIpc) is 2.92. The number of hydrogen-bond donors (Lipinski definition) is 2. The topological polar surface area (TPSA) is 84.5 Å². The Labute approximate surface area is 218 Å². The van der Waals surface area contributed by atoms with Gasteiger partial charge in [-0.15, -0.1) is 0 Å². The van der Waals surface area contributed by atoms with E-state index >= 15 is 0 Å². The molecule has 4 aromatic carbocycles. The molecule has 0 unspecified atom stereocenters. The Kier molecular flexibility index (Phi) is 8.72. The molecule has 4 rings (SSSR count). The van der Waals surface area contributed by atoms with Gasteiger partial charge in [0.2, 0.25) is 15.9 Å². The van der Waals surface area contributed by atoms with E-state index in [-0.39, 0.29) is 23.3 Å². The van der Waals surface area contributed by atoms with Crippen LogP contribution in [-0.4, -0.2) is 14.3 Å². The lowest BCUT2D eigenvalue weighted by atomic mass is 10.1. The number of anilines is 1. The maximum absolute atomic E-state index is 12.7. The van der Waals surface area contributed by atoms with Gasteiger partial charge in [0.1, 0.15) is 12.4 Å². The third-order valence-corrected chi connectivity index (χ3v) is 7.45. The molecular weight excluding hydrogens is 484 g/mol. The molecular formula is C30H30N2O4S. The van der Waals surface area contributed by atoms with Gasteiger partial charge in [-0.2, -0.15) is 0 Å². The normalized spacial score (nSPS) is 12.0. The Bertz CT molecular complexity index is 1390. The van der Waals surface area contributed by atoms with Gasteiger partial charge in [0.25, 0.3) is 0 Å². The van der Waals surface area contributed by atoms with E-state index in [1.807, 2.05) is 79.7 Å². The Hall–Kier alpha value is -3.94. The number of sulfonamides is 1. The number of rotatable bonds is 11. The molecule has 2 N–H and O–H groups in total. The molecule has 1 amide bonds. The number of amides is 1. The number of nitrogens with one attached hydrogen (secondary N) is 2. The van der Waals surface area contributed by atoms with Crippen LogP contribution in [0.1, 0.15) is 36.1 Å². The second-order valence-corrected chi connectivity index (χ2v) is 10.5. The van der Waals surface area contributed by atoms with E-state index in [1.165, 1.54) is 0 Å². The lowest BCUT2D eigenvalue weighted by molar-refractivity contribution is -0.116. The van der Waals surface area contributed by atoms with Gasteiger partial charge in [-0.25, -0.2) is 13.1 Å². The summed E-state index contributed by atoms with van der Waals surface area (Å²) in [6.45, 7) is 2.29. The summed E-state index contributed by atoms with van der Waals surface area (Å²) in [6.07, 6.45) is 0.778. The summed E-state index contributed by atoms with van der Waals surface area (Å²) in [5, 5.41) is 2.89. The highest BCUT2D eigenvalue weighted by Gasteiger charge is 2.18. The molecule has 0 aliphatic heterocycles. The largest absolute Gasteiger partial charge is 0.489 e. The molecule has 0 saturated carbocycles. The molecule has 0 aliphatic carbocycles. The molecule has 0 bridgehead atoms. The number of benzene rings is 4. The number of hydrogen-bond acceptors (Lipinski definition) is 4. The summed E-state index contributed by atoms with van der Waals surface area (Å²) < 4.78 is 34.0. The van der Waals surface area contributed by atoms with Gasteiger partial charge in [-0.1, -0.05) is 72.8 Å². The molecule has 37 heavy (non-hydrogen) atoms. The molecule has 6 nitrogen and oxygen atoms in total. The van der Waals surface area contributed by atoms with E-state index in [4.69, 9.17) is 4.74 Å². The second kappa shape index (κ2) is 12.3. The Morgan fingerprint density at radius 3 is 2.05 bits per heavy atom. The van der Waals surface area contributed by atoms with E-state index in [0.29, 0.717) is 18.7 Å². The SMILES string of the molecule is C[C@@H](NS(=O)(=O)c1ccc(CCC(=O)Nc2ccc(OCc3ccccc3)cc2)cc1)c1ccccc1. The van der Waals surface area contributed by atoms with Crippen molar-refractivity contribution < 1.29 is 17.9 Å². The summed E-state index contributed by atoms with van der Waals surface area (Å²) in [5.41, 5.74) is 3.55. The van der Waals surface area contributed by atoms with Crippen molar-refractivity contribution in [1.29, 1.82) is 0 Å². The summed E-state index contributed by atoms with van der Waals surface area (Å²) in [7, 11) is -3.66. The van der Waals surface area contributed by atoms with E-state index in [0.717, 1.165) is 22.4 Å². The van der Waals surface area contributed by atoms with Crippen molar-refractivity contribution in [2.24, 2.45) is 0 Å². The van der Waals surface area contributed by atoms with Crippen molar-refractivity contribution >= 4 is 21.6 Å². The van der Waals surface area contributed by atoms with Gasteiger partial charge in [-0.3, -0.25) is 4.79 Å². The van der Waals surface area contributed by atoms with Gasteiger partial charge in [-0.05, 0) is 66.4 Å². The zero-order valence-corrected chi connectivity index (χ0v) is 21.4. The zero-order valence-electron chi connectivity index (χ0n) is 20.6. The van der Waals surface area contributed by atoms with E-state index in [1.54, 1.807) is 36.4 Å². The lowest BCUT2D eigenvalue weighted by Gasteiger charge is -2.15. The van der Waals surface area contributed by atoms with Crippen LogP contribution in [0.3, 0.4) is 0 Å². The van der Waals surface area contributed by atoms with Crippen LogP contribution >= 0.6 is 0 Å². The predicted octanol–water partition coefficient (Wildman–Crippen LogP) is 5.88. The molecule has 0 radical (unpaired) electrons. The summed E-state index contributed by atoms with van der Waals surface area (Å²) in [4.78, 5) is 12.6. The van der Waals surface area contributed by atoms with Crippen molar-refractivity contribution in [1.82, 2.24) is 4.72 Å². The van der Waals surface area contributed by atoms with Crippen molar-refractivity contribution in [3.8, 4) is 5.75 Å². The average molecular weight is 515 g/mol. The van der Waals surface area contributed by atoms with Crippen LogP contribution < -0.4 is 14.8 Å². The Morgan fingerprint density at radius 1 is 0.784 bits per heavy atom. The van der Waals surface area contributed by atoms with E-state index < -0.39 is 10.0 Å².